The van der Waals surface area contributed by atoms with E-state index in [4.69, 9.17) is 14.6 Å². The normalized spacial score (nSPS) is 10.6. The SMILES string of the molecule is COc1cc2ncc(-c3ccc(CC(=O)O)cc3)nc2cc1OC. The summed E-state index contributed by atoms with van der Waals surface area (Å²) in [6.07, 6.45) is 1.68. The molecule has 0 saturated carbocycles. The van der Waals surface area contributed by atoms with E-state index in [1.807, 2.05) is 12.1 Å². The molecule has 1 N–H and O–H groups in total. The molecule has 3 aromatic rings. The van der Waals surface area contributed by atoms with Crippen LogP contribution in [0.25, 0.3) is 22.3 Å². The third-order valence-electron chi connectivity index (χ3n) is 3.65. The van der Waals surface area contributed by atoms with E-state index < -0.39 is 5.97 Å². The first-order chi connectivity index (χ1) is 11.6. The number of benzene rings is 2. The molecule has 3 rings (SSSR count). The standard InChI is InChI=1S/C18H16N2O4/c1-23-16-8-13-14(9-17(16)24-2)20-15(10-19-13)12-5-3-11(4-6-12)7-18(21)22/h3-6,8-10H,7H2,1-2H3,(H,21,22). The van der Waals surface area contributed by atoms with Gasteiger partial charge < -0.3 is 14.6 Å². The lowest BCUT2D eigenvalue weighted by atomic mass is 10.1. The van der Waals surface area contributed by atoms with E-state index in [-0.39, 0.29) is 6.42 Å². The van der Waals surface area contributed by atoms with E-state index >= 15 is 0 Å². The molecule has 6 nitrogen and oxygen atoms in total. The maximum Gasteiger partial charge on any atom is 0.307 e. The van der Waals surface area contributed by atoms with E-state index in [0.29, 0.717) is 28.2 Å². The largest absolute Gasteiger partial charge is 0.493 e. The molecular weight excluding hydrogens is 308 g/mol. The van der Waals surface area contributed by atoms with Crippen molar-refractivity contribution in [2.45, 2.75) is 6.42 Å². The summed E-state index contributed by atoms with van der Waals surface area (Å²) in [5.74, 6) is 0.340. The molecule has 1 heterocycles. The van der Waals surface area contributed by atoms with E-state index in [1.165, 1.54) is 0 Å². The first-order valence-electron chi connectivity index (χ1n) is 7.30. The second-order valence-corrected chi connectivity index (χ2v) is 5.22. The zero-order valence-corrected chi connectivity index (χ0v) is 13.3. The lowest BCUT2D eigenvalue weighted by molar-refractivity contribution is -0.136. The van der Waals surface area contributed by atoms with Gasteiger partial charge in [0, 0.05) is 17.7 Å². The molecule has 0 atom stereocenters. The van der Waals surface area contributed by atoms with Gasteiger partial charge in [-0.3, -0.25) is 9.78 Å². The van der Waals surface area contributed by atoms with Crippen molar-refractivity contribution in [3.05, 3.63) is 48.2 Å². The number of ether oxygens (including phenoxy) is 2. The number of hydrogen-bond donors (Lipinski definition) is 1. The van der Waals surface area contributed by atoms with Gasteiger partial charge in [0.1, 0.15) is 0 Å². The summed E-state index contributed by atoms with van der Waals surface area (Å²) in [6.45, 7) is 0. The number of fused-ring (bicyclic) bond motifs is 1. The van der Waals surface area contributed by atoms with Crippen LogP contribution in [-0.4, -0.2) is 35.3 Å². The Morgan fingerprint density at radius 3 is 2.25 bits per heavy atom. The molecule has 0 saturated heterocycles. The third kappa shape index (κ3) is 3.12. The minimum atomic E-state index is -0.853. The van der Waals surface area contributed by atoms with Crippen LogP contribution < -0.4 is 9.47 Å². The van der Waals surface area contributed by atoms with E-state index in [9.17, 15) is 4.79 Å². The van der Waals surface area contributed by atoms with Gasteiger partial charge in [0.15, 0.2) is 11.5 Å². The molecule has 0 radical (unpaired) electrons. The molecule has 0 fully saturated rings. The van der Waals surface area contributed by atoms with Crippen LogP contribution in [0.1, 0.15) is 5.56 Å². The Balaban J connectivity index is 1.99. The summed E-state index contributed by atoms with van der Waals surface area (Å²) in [7, 11) is 3.15. The van der Waals surface area contributed by atoms with Gasteiger partial charge in [0.25, 0.3) is 0 Å². The molecule has 0 aliphatic carbocycles. The highest BCUT2D eigenvalue weighted by Crippen LogP contribution is 2.31. The molecule has 0 bridgehead atoms. The topological polar surface area (TPSA) is 81.5 Å². The number of methoxy groups -OCH3 is 2. The zero-order chi connectivity index (χ0) is 17.1. The van der Waals surface area contributed by atoms with Crippen molar-refractivity contribution in [3.8, 4) is 22.8 Å². The number of aliphatic carboxylic acids is 1. The predicted octanol–water partition coefficient (Wildman–Crippen LogP) is 2.94. The van der Waals surface area contributed by atoms with E-state index in [0.717, 1.165) is 11.1 Å². The Labute approximate surface area is 138 Å². The quantitative estimate of drug-likeness (QED) is 0.777. The molecule has 122 valence electrons. The fourth-order valence-corrected chi connectivity index (χ4v) is 2.45. The maximum atomic E-state index is 10.7. The van der Waals surface area contributed by atoms with E-state index in [2.05, 4.69) is 9.97 Å². The number of nitrogens with zero attached hydrogens (tertiary/aromatic N) is 2. The van der Waals surface area contributed by atoms with Crippen molar-refractivity contribution in [2.24, 2.45) is 0 Å². The van der Waals surface area contributed by atoms with Gasteiger partial charge in [-0.15, -0.1) is 0 Å². The number of carboxylic acid groups (broad SMARTS) is 1. The Morgan fingerprint density at radius 2 is 1.67 bits per heavy atom. The highest BCUT2D eigenvalue weighted by Gasteiger charge is 2.09. The summed E-state index contributed by atoms with van der Waals surface area (Å²) in [6, 6.07) is 10.8. The predicted molar refractivity (Wildman–Crippen MR) is 89.4 cm³/mol. The van der Waals surface area contributed by atoms with Crippen molar-refractivity contribution in [3.63, 3.8) is 0 Å². The highest BCUT2D eigenvalue weighted by atomic mass is 16.5. The van der Waals surface area contributed by atoms with Crippen molar-refractivity contribution >= 4 is 17.0 Å². The summed E-state index contributed by atoms with van der Waals surface area (Å²) in [4.78, 5) is 19.8. The average molecular weight is 324 g/mol. The lowest BCUT2D eigenvalue weighted by Gasteiger charge is -2.09. The number of rotatable bonds is 5. The minimum Gasteiger partial charge on any atom is -0.493 e. The summed E-state index contributed by atoms with van der Waals surface area (Å²) in [5, 5.41) is 8.82. The molecule has 0 amide bonds. The van der Waals surface area contributed by atoms with Gasteiger partial charge in [-0.2, -0.15) is 0 Å². The van der Waals surface area contributed by atoms with Gasteiger partial charge in [-0.05, 0) is 5.56 Å². The molecule has 0 aliphatic rings. The maximum absolute atomic E-state index is 10.7. The van der Waals surface area contributed by atoms with Crippen LogP contribution >= 0.6 is 0 Å². The van der Waals surface area contributed by atoms with Crippen LogP contribution in [0.2, 0.25) is 0 Å². The van der Waals surface area contributed by atoms with Crippen LogP contribution in [0.3, 0.4) is 0 Å². The van der Waals surface area contributed by atoms with Crippen LogP contribution in [0.15, 0.2) is 42.6 Å². The molecular formula is C18H16N2O4. The van der Waals surface area contributed by atoms with Crippen molar-refractivity contribution in [1.29, 1.82) is 0 Å². The van der Waals surface area contributed by atoms with Crippen molar-refractivity contribution in [1.82, 2.24) is 9.97 Å². The Hall–Kier alpha value is -3.15. The van der Waals surface area contributed by atoms with Gasteiger partial charge >= 0.3 is 5.97 Å². The lowest BCUT2D eigenvalue weighted by Crippen LogP contribution is -1.99. The molecule has 6 heteroatoms. The Kier molecular flexibility index (Phi) is 4.29. The number of aromatic nitrogens is 2. The van der Waals surface area contributed by atoms with Gasteiger partial charge in [-0.1, -0.05) is 24.3 Å². The first-order valence-corrected chi connectivity index (χ1v) is 7.30. The summed E-state index contributed by atoms with van der Waals surface area (Å²) >= 11 is 0. The van der Waals surface area contributed by atoms with Crippen molar-refractivity contribution < 1.29 is 19.4 Å². The second-order valence-electron chi connectivity index (χ2n) is 5.22. The Bertz CT molecular complexity index is 891. The average Bonchev–Trinajstić information content (AvgIpc) is 2.60. The molecule has 0 aliphatic heterocycles. The fraction of sp³-hybridized carbons (Fsp3) is 0.167. The number of hydrogen-bond acceptors (Lipinski definition) is 5. The van der Waals surface area contributed by atoms with Crippen molar-refractivity contribution in [2.75, 3.05) is 14.2 Å². The fourth-order valence-electron chi connectivity index (χ4n) is 2.45. The molecule has 0 unspecified atom stereocenters. The van der Waals surface area contributed by atoms with Crippen LogP contribution in [0, 0.1) is 0 Å². The monoisotopic (exact) mass is 324 g/mol. The molecule has 2 aromatic carbocycles. The number of carboxylic acids is 1. The molecule has 0 spiro atoms. The van der Waals surface area contributed by atoms with Gasteiger partial charge in [-0.25, -0.2) is 4.98 Å². The van der Waals surface area contributed by atoms with E-state index in [1.54, 1.807) is 44.7 Å². The van der Waals surface area contributed by atoms with Crippen LogP contribution in [-0.2, 0) is 11.2 Å². The first kappa shape index (κ1) is 15.7. The molecule has 24 heavy (non-hydrogen) atoms. The smallest absolute Gasteiger partial charge is 0.307 e. The number of carbonyl (C=O) groups is 1. The van der Waals surface area contributed by atoms with Crippen LogP contribution in [0.5, 0.6) is 11.5 Å². The second kappa shape index (κ2) is 6.54. The van der Waals surface area contributed by atoms with Crippen LogP contribution in [0.4, 0.5) is 0 Å². The van der Waals surface area contributed by atoms with Gasteiger partial charge in [0.05, 0.1) is 43.6 Å². The molecule has 1 aromatic heterocycles. The van der Waals surface area contributed by atoms with Gasteiger partial charge in [0.2, 0.25) is 0 Å². The Morgan fingerprint density at radius 1 is 1.04 bits per heavy atom. The summed E-state index contributed by atoms with van der Waals surface area (Å²) in [5.41, 5.74) is 3.72. The zero-order valence-electron chi connectivity index (χ0n) is 13.3. The summed E-state index contributed by atoms with van der Waals surface area (Å²) < 4.78 is 10.6. The minimum absolute atomic E-state index is 0.000667. The highest BCUT2D eigenvalue weighted by molar-refractivity contribution is 5.81. The third-order valence-corrected chi connectivity index (χ3v) is 3.65.